The van der Waals surface area contributed by atoms with Gasteiger partial charge < -0.3 is 5.32 Å². The molecule has 0 aliphatic rings. The summed E-state index contributed by atoms with van der Waals surface area (Å²) in [5.41, 5.74) is 2.48. The fraction of sp³-hybridized carbons (Fsp3) is 0.562. The summed E-state index contributed by atoms with van der Waals surface area (Å²) in [4.78, 5) is 11.8. The molecule has 0 aliphatic carbocycles. The van der Waals surface area contributed by atoms with Crippen LogP contribution in [0.25, 0.3) is 0 Å². The quantitative estimate of drug-likeness (QED) is 0.819. The Hall–Kier alpha value is -1.31. The van der Waals surface area contributed by atoms with Gasteiger partial charge in [-0.3, -0.25) is 4.79 Å². The summed E-state index contributed by atoms with van der Waals surface area (Å²) in [6.45, 7) is 8.35. The number of amides is 1. The molecule has 0 radical (unpaired) electrons. The zero-order valence-corrected chi connectivity index (χ0v) is 12.0. The van der Waals surface area contributed by atoms with Crippen LogP contribution in [0.5, 0.6) is 0 Å². The Labute approximate surface area is 111 Å². The first-order chi connectivity index (χ1) is 8.46. The molecule has 0 saturated heterocycles. The van der Waals surface area contributed by atoms with Crippen molar-refractivity contribution in [3.8, 4) is 0 Å². The van der Waals surface area contributed by atoms with Crippen LogP contribution in [-0.2, 0) is 17.6 Å². The van der Waals surface area contributed by atoms with Gasteiger partial charge in [0.2, 0.25) is 5.91 Å². The highest BCUT2D eigenvalue weighted by atomic mass is 16.1. The Morgan fingerprint density at radius 1 is 1.11 bits per heavy atom. The van der Waals surface area contributed by atoms with E-state index in [-0.39, 0.29) is 11.4 Å². The Morgan fingerprint density at radius 3 is 2.17 bits per heavy atom. The maximum atomic E-state index is 11.8. The molecule has 18 heavy (non-hydrogen) atoms. The second kappa shape index (κ2) is 6.58. The highest BCUT2D eigenvalue weighted by molar-refractivity contribution is 5.76. The first kappa shape index (κ1) is 14.7. The van der Waals surface area contributed by atoms with Gasteiger partial charge in [0.1, 0.15) is 0 Å². The minimum absolute atomic E-state index is 0.0941. The van der Waals surface area contributed by atoms with Crippen LogP contribution in [0.15, 0.2) is 24.3 Å². The lowest BCUT2D eigenvalue weighted by Gasteiger charge is -2.24. The first-order valence-electron chi connectivity index (χ1n) is 6.85. The van der Waals surface area contributed by atoms with E-state index in [0.717, 1.165) is 19.3 Å². The molecular formula is C16H25NO. The van der Waals surface area contributed by atoms with E-state index >= 15 is 0 Å². The van der Waals surface area contributed by atoms with E-state index in [0.29, 0.717) is 6.42 Å². The Morgan fingerprint density at radius 2 is 1.67 bits per heavy atom. The maximum absolute atomic E-state index is 11.8. The van der Waals surface area contributed by atoms with Crippen LogP contribution in [0.3, 0.4) is 0 Å². The van der Waals surface area contributed by atoms with Crippen molar-refractivity contribution in [2.24, 2.45) is 0 Å². The van der Waals surface area contributed by atoms with Crippen LogP contribution in [0.1, 0.15) is 51.7 Å². The highest BCUT2D eigenvalue weighted by Crippen LogP contribution is 2.10. The molecular weight excluding hydrogens is 222 g/mol. The minimum atomic E-state index is -0.0941. The first-order valence-corrected chi connectivity index (χ1v) is 6.85. The van der Waals surface area contributed by atoms with E-state index in [9.17, 15) is 4.79 Å². The summed E-state index contributed by atoms with van der Waals surface area (Å²) in [7, 11) is 0. The van der Waals surface area contributed by atoms with Gasteiger partial charge in [0.15, 0.2) is 0 Å². The molecule has 2 heteroatoms. The van der Waals surface area contributed by atoms with Crippen molar-refractivity contribution in [3.05, 3.63) is 35.4 Å². The molecule has 0 saturated carbocycles. The maximum Gasteiger partial charge on any atom is 0.220 e. The zero-order chi connectivity index (χ0) is 13.6. The fourth-order valence-electron chi connectivity index (χ4n) is 1.73. The van der Waals surface area contributed by atoms with Crippen LogP contribution in [0.2, 0.25) is 0 Å². The van der Waals surface area contributed by atoms with Crippen molar-refractivity contribution in [2.45, 2.75) is 58.9 Å². The van der Waals surface area contributed by atoms with Gasteiger partial charge in [-0.05, 0) is 44.2 Å². The standard InChI is InChI=1S/C16H25NO/c1-5-13-7-9-14(10-8-13)11-12-15(18)17-16(3,4)6-2/h7-10H,5-6,11-12H2,1-4H3,(H,17,18). The molecule has 2 nitrogen and oxygen atoms in total. The number of benzene rings is 1. The number of carbonyl (C=O) groups excluding carboxylic acids is 1. The number of aryl methyl sites for hydroxylation is 2. The molecule has 0 atom stereocenters. The molecule has 0 aromatic heterocycles. The molecule has 1 aromatic carbocycles. The Kier molecular flexibility index (Phi) is 5.39. The van der Waals surface area contributed by atoms with Crippen LogP contribution >= 0.6 is 0 Å². The van der Waals surface area contributed by atoms with Gasteiger partial charge in [0.05, 0.1) is 0 Å². The molecule has 1 amide bonds. The van der Waals surface area contributed by atoms with Gasteiger partial charge in [0.25, 0.3) is 0 Å². The van der Waals surface area contributed by atoms with Crippen LogP contribution in [0.4, 0.5) is 0 Å². The number of hydrogen-bond donors (Lipinski definition) is 1. The van der Waals surface area contributed by atoms with Crippen molar-refractivity contribution >= 4 is 5.91 Å². The lowest BCUT2D eigenvalue weighted by atomic mass is 10.0. The fourth-order valence-corrected chi connectivity index (χ4v) is 1.73. The number of rotatable bonds is 6. The second-order valence-corrected chi connectivity index (χ2v) is 5.46. The van der Waals surface area contributed by atoms with E-state index < -0.39 is 0 Å². The summed E-state index contributed by atoms with van der Waals surface area (Å²) in [6, 6.07) is 8.53. The largest absolute Gasteiger partial charge is 0.351 e. The van der Waals surface area contributed by atoms with E-state index in [1.807, 2.05) is 0 Å². The molecule has 0 heterocycles. The molecule has 0 fully saturated rings. The van der Waals surface area contributed by atoms with E-state index in [4.69, 9.17) is 0 Å². The average molecular weight is 247 g/mol. The normalized spacial score (nSPS) is 11.3. The molecule has 0 bridgehead atoms. The predicted octanol–water partition coefficient (Wildman–Crippen LogP) is 3.49. The SMILES string of the molecule is CCc1ccc(CCC(=O)NC(C)(C)CC)cc1. The van der Waals surface area contributed by atoms with Crippen molar-refractivity contribution in [1.29, 1.82) is 0 Å². The molecule has 0 aliphatic heterocycles. The van der Waals surface area contributed by atoms with Crippen molar-refractivity contribution in [1.82, 2.24) is 5.32 Å². The lowest BCUT2D eigenvalue weighted by molar-refractivity contribution is -0.122. The minimum Gasteiger partial charge on any atom is -0.351 e. The van der Waals surface area contributed by atoms with Gasteiger partial charge in [-0.25, -0.2) is 0 Å². The third-order valence-electron chi connectivity index (χ3n) is 3.43. The van der Waals surface area contributed by atoms with Gasteiger partial charge in [-0.15, -0.1) is 0 Å². The molecule has 100 valence electrons. The van der Waals surface area contributed by atoms with Crippen molar-refractivity contribution in [3.63, 3.8) is 0 Å². The number of nitrogens with one attached hydrogen (secondary N) is 1. The van der Waals surface area contributed by atoms with E-state index in [2.05, 4.69) is 57.3 Å². The highest BCUT2D eigenvalue weighted by Gasteiger charge is 2.17. The van der Waals surface area contributed by atoms with Crippen LogP contribution in [-0.4, -0.2) is 11.4 Å². The predicted molar refractivity (Wildman–Crippen MR) is 76.7 cm³/mol. The molecule has 1 rings (SSSR count). The summed E-state index contributed by atoms with van der Waals surface area (Å²) in [5, 5.41) is 3.06. The monoisotopic (exact) mass is 247 g/mol. The summed E-state index contributed by atoms with van der Waals surface area (Å²) in [5.74, 6) is 0.140. The van der Waals surface area contributed by atoms with Crippen LogP contribution in [0, 0.1) is 0 Å². The van der Waals surface area contributed by atoms with E-state index in [1.54, 1.807) is 0 Å². The summed E-state index contributed by atoms with van der Waals surface area (Å²) in [6.07, 6.45) is 3.39. The molecule has 0 unspecified atom stereocenters. The van der Waals surface area contributed by atoms with Crippen molar-refractivity contribution in [2.75, 3.05) is 0 Å². The number of carbonyl (C=O) groups is 1. The van der Waals surface area contributed by atoms with Crippen LogP contribution < -0.4 is 5.32 Å². The molecule has 1 aromatic rings. The van der Waals surface area contributed by atoms with Gasteiger partial charge in [0, 0.05) is 12.0 Å². The molecule has 1 N–H and O–H groups in total. The van der Waals surface area contributed by atoms with Gasteiger partial charge in [-0.1, -0.05) is 38.1 Å². The second-order valence-electron chi connectivity index (χ2n) is 5.46. The number of hydrogen-bond acceptors (Lipinski definition) is 1. The third kappa shape index (κ3) is 4.91. The average Bonchev–Trinajstić information content (AvgIpc) is 2.36. The topological polar surface area (TPSA) is 29.1 Å². The smallest absolute Gasteiger partial charge is 0.220 e. The summed E-state index contributed by atoms with van der Waals surface area (Å²) >= 11 is 0. The van der Waals surface area contributed by atoms with Gasteiger partial charge in [-0.2, -0.15) is 0 Å². The molecule has 0 spiro atoms. The Balaban J connectivity index is 2.42. The summed E-state index contributed by atoms with van der Waals surface area (Å²) < 4.78 is 0. The zero-order valence-electron chi connectivity index (χ0n) is 12.0. The Bertz CT molecular complexity index is 379. The van der Waals surface area contributed by atoms with Gasteiger partial charge >= 0.3 is 0 Å². The van der Waals surface area contributed by atoms with E-state index in [1.165, 1.54) is 11.1 Å². The van der Waals surface area contributed by atoms with Crippen molar-refractivity contribution < 1.29 is 4.79 Å². The lowest BCUT2D eigenvalue weighted by Crippen LogP contribution is -2.42. The third-order valence-corrected chi connectivity index (χ3v) is 3.43.